The van der Waals surface area contributed by atoms with E-state index in [0.29, 0.717) is 0 Å². The summed E-state index contributed by atoms with van der Waals surface area (Å²) in [6, 6.07) is 2.03. The lowest BCUT2D eigenvalue weighted by Crippen LogP contribution is -2.15. The molecule has 0 spiro atoms. The average Bonchev–Trinajstić information content (AvgIpc) is 2.56. The van der Waals surface area contributed by atoms with E-state index in [1.807, 2.05) is 6.07 Å². The standard InChI is InChI=1S/C9H13NO3S2/c10-15(11,12)13-6-8-5-7-3-1-2-4-9(7)14-8/h5H,1-4,6H2,(H2,10,11,12). The molecule has 4 nitrogen and oxygen atoms in total. The fourth-order valence-corrected chi connectivity index (χ4v) is 3.30. The summed E-state index contributed by atoms with van der Waals surface area (Å²) in [6.45, 7) is 0.0660. The normalized spacial score (nSPS) is 16.3. The number of aryl methyl sites for hydroxylation is 2. The molecule has 1 heterocycles. The van der Waals surface area contributed by atoms with Crippen molar-refractivity contribution in [2.75, 3.05) is 0 Å². The second-order valence-corrected chi connectivity index (χ2v) is 6.07. The molecule has 0 aliphatic heterocycles. The molecular weight excluding hydrogens is 234 g/mol. The molecule has 0 radical (unpaired) electrons. The van der Waals surface area contributed by atoms with Crippen molar-refractivity contribution in [3.05, 3.63) is 21.4 Å². The van der Waals surface area contributed by atoms with Gasteiger partial charge in [0.05, 0.1) is 0 Å². The highest BCUT2D eigenvalue weighted by molar-refractivity contribution is 7.84. The molecule has 1 aromatic heterocycles. The molecule has 2 N–H and O–H groups in total. The van der Waals surface area contributed by atoms with Crippen molar-refractivity contribution in [1.82, 2.24) is 0 Å². The Morgan fingerprint density at radius 3 is 2.80 bits per heavy atom. The molecule has 0 aromatic carbocycles. The summed E-state index contributed by atoms with van der Waals surface area (Å²) in [6.07, 6.45) is 4.65. The zero-order valence-corrected chi connectivity index (χ0v) is 9.86. The van der Waals surface area contributed by atoms with Gasteiger partial charge in [0.2, 0.25) is 0 Å². The lowest BCUT2D eigenvalue weighted by Gasteiger charge is -2.08. The van der Waals surface area contributed by atoms with Gasteiger partial charge in [-0.2, -0.15) is 8.42 Å². The van der Waals surface area contributed by atoms with Crippen molar-refractivity contribution in [3.8, 4) is 0 Å². The first-order valence-corrected chi connectivity index (χ1v) is 7.11. The molecule has 0 bridgehead atoms. The molecule has 0 fully saturated rings. The van der Waals surface area contributed by atoms with Crippen molar-refractivity contribution in [1.29, 1.82) is 0 Å². The average molecular weight is 247 g/mol. The van der Waals surface area contributed by atoms with Gasteiger partial charge in [-0.3, -0.25) is 4.18 Å². The number of thiophene rings is 1. The van der Waals surface area contributed by atoms with Gasteiger partial charge in [0.25, 0.3) is 0 Å². The number of fused-ring (bicyclic) bond motifs is 1. The molecule has 0 saturated heterocycles. The molecule has 0 unspecified atom stereocenters. The van der Waals surface area contributed by atoms with Gasteiger partial charge in [0.1, 0.15) is 6.61 Å². The van der Waals surface area contributed by atoms with E-state index in [9.17, 15) is 8.42 Å². The first kappa shape index (κ1) is 11.1. The van der Waals surface area contributed by atoms with Crippen LogP contribution in [0.15, 0.2) is 6.07 Å². The maximum atomic E-state index is 10.6. The number of nitrogens with two attached hydrogens (primary N) is 1. The number of hydrogen-bond donors (Lipinski definition) is 1. The summed E-state index contributed by atoms with van der Waals surface area (Å²) in [5.41, 5.74) is 1.35. The van der Waals surface area contributed by atoms with Gasteiger partial charge in [-0.25, -0.2) is 5.14 Å². The predicted molar refractivity (Wildman–Crippen MR) is 58.9 cm³/mol. The maximum absolute atomic E-state index is 10.6. The highest BCUT2D eigenvalue weighted by Crippen LogP contribution is 2.30. The highest BCUT2D eigenvalue weighted by atomic mass is 32.2. The summed E-state index contributed by atoms with van der Waals surface area (Å²) in [7, 11) is -3.82. The fourth-order valence-electron chi connectivity index (χ4n) is 1.76. The number of hydrogen-bond acceptors (Lipinski definition) is 4. The van der Waals surface area contributed by atoms with Crippen LogP contribution in [0.4, 0.5) is 0 Å². The fraction of sp³-hybridized carbons (Fsp3) is 0.556. The summed E-state index contributed by atoms with van der Waals surface area (Å²) >= 11 is 1.63. The first-order chi connectivity index (χ1) is 7.04. The smallest absolute Gasteiger partial charge is 0.253 e. The maximum Gasteiger partial charge on any atom is 0.333 e. The summed E-state index contributed by atoms with van der Waals surface area (Å²) in [4.78, 5) is 2.31. The highest BCUT2D eigenvalue weighted by Gasteiger charge is 2.14. The molecule has 1 aliphatic rings. The quantitative estimate of drug-likeness (QED) is 0.876. The van der Waals surface area contributed by atoms with E-state index in [1.165, 1.54) is 23.3 Å². The Balaban J connectivity index is 2.07. The lowest BCUT2D eigenvalue weighted by molar-refractivity contribution is 0.312. The van der Waals surface area contributed by atoms with E-state index in [2.05, 4.69) is 4.18 Å². The van der Waals surface area contributed by atoms with Gasteiger partial charge in [-0.1, -0.05) is 0 Å². The SMILES string of the molecule is NS(=O)(=O)OCc1cc2c(s1)CCCC2. The Morgan fingerprint density at radius 1 is 1.40 bits per heavy atom. The van der Waals surface area contributed by atoms with Gasteiger partial charge in [0.15, 0.2) is 0 Å². The summed E-state index contributed by atoms with van der Waals surface area (Å²) in [5, 5.41) is 4.76. The van der Waals surface area contributed by atoms with Crippen molar-refractivity contribution in [2.45, 2.75) is 32.3 Å². The van der Waals surface area contributed by atoms with E-state index in [4.69, 9.17) is 5.14 Å². The van der Waals surface area contributed by atoms with Crippen LogP contribution in [0, 0.1) is 0 Å². The zero-order chi connectivity index (χ0) is 10.9. The molecule has 1 aromatic rings. The third-order valence-corrected chi connectivity index (χ3v) is 4.07. The minimum Gasteiger partial charge on any atom is -0.253 e. The van der Waals surface area contributed by atoms with Gasteiger partial charge < -0.3 is 0 Å². The van der Waals surface area contributed by atoms with Gasteiger partial charge in [0, 0.05) is 9.75 Å². The molecule has 0 saturated carbocycles. The first-order valence-electron chi connectivity index (χ1n) is 4.82. The Kier molecular flexibility index (Phi) is 3.11. The predicted octanol–water partition coefficient (Wildman–Crippen LogP) is 1.35. The van der Waals surface area contributed by atoms with Gasteiger partial charge in [-0.15, -0.1) is 11.3 Å². The molecule has 1 aliphatic carbocycles. The summed E-state index contributed by atoms with van der Waals surface area (Å²) < 4.78 is 25.8. The van der Waals surface area contributed by atoms with E-state index in [1.54, 1.807) is 11.3 Å². The van der Waals surface area contributed by atoms with E-state index >= 15 is 0 Å². The van der Waals surface area contributed by atoms with Crippen molar-refractivity contribution >= 4 is 21.6 Å². The third kappa shape index (κ3) is 3.01. The van der Waals surface area contributed by atoms with Crippen molar-refractivity contribution in [2.24, 2.45) is 5.14 Å². The lowest BCUT2D eigenvalue weighted by atomic mass is 9.99. The molecule has 2 rings (SSSR count). The third-order valence-electron chi connectivity index (χ3n) is 2.41. The molecule has 15 heavy (non-hydrogen) atoms. The molecule has 84 valence electrons. The Morgan fingerprint density at radius 2 is 2.13 bits per heavy atom. The largest absolute Gasteiger partial charge is 0.333 e. The zero-order valence-electron chi connectivity index (χ0n) is 8.23. The van der Waals surface area contributed by atoms with Crippen LogP contribution in [0.1, 0.15) is 28.2 Å². The molecule has 0 atom stereocenters. The monoisotopic (exact) mass is 247 g/mol. The molecular formula is C9H13NO3S2. The van der Waals surface area contributed by atoms with Crippen LogP contribution in [-0.4, -0.2) is 8.42 Å². The van der Waals surface area contributed by atoms with Crippen LogP contribution < -0.4 is 5.14 Å². The Bertz CT molecular complexity index is 426. The van der Waals surface area contributed by atoms with Crippen LogP contribution in [0.25, 0.3) is 0 Å². The van der Waals surface area contributed by atoms with Crippen molar-refractivity contribution < 1.29 is 12.6 Å². The van der Waals surface area contributed by atoms with Crippen LogP contribution >= 0.6 is 11.3 Å². The Labute approximate surface area is 93.3 Å². The minimum atomic E-state index is -3.82. The topological polar surface area (TPSA) is 69.4 Å². The van der Waals surface area contributed by atoms with Crippen LogP contribution in [0.3, 0.4) is 0 Å². The van der Waals surface area contributed by atoms with Crippen LogP contribution in [0.2, 0.25) is 0 Å². The van der Waals surface area contributed by atoms with Crippen LogP contribution in [-0.2, 0) is 33.9 Å². The van der Waals surface area contributed by atoms with E-state index in [-0.39, 0.29) is 6.61 Å². The Hall–Kier alpha value is -0.430. The van der Waals surface area contributed by atoms with Gasteiger partial charge in [-0.05, 0) is 37.3 Å². The molecule has 6 heteroatoms. The summed E-state index contributed by atoms with van der Waals surface area (Å²) in [5.74, 6) is 0. The van der Waals surface area contributed by atoms with Gasteiger partial charge >= 0.3 is 10.3 Å². The second kappa shape index (κ2) is 4.21. The van der Waals surface area contributed by atoms with E-state index < -0.39 is 10.3 Å². The van der Waals surface area contributed by atoms with E-state index in [0.717, 1.165) is 17.7 Å². The molecule has 0 amide bonds. The van der Waals surface area contributed by atoms with Crippen LogP contribution in [0.5, 0.6) is 0 Å². The second-order valence-electron chi connectivity index (χ2n) is 3.62. The minimum absolute atomic E-state index is 0.0660. The van der Waals surface area contributed by atoms with Crippen molar-refractivity contribution in [3.63, 3.8) is 0 Å². The number of rotatable bonds is 3.